The average Bonchev–Trinajstić information content (AvgIpc) is 2.36. The third-order valence-electron chi connectivity index (χ3n) is 2.57. The van der Waals surface area contributed by atoms with Gasteiger partial charge in [-0.3, -0.25) is 4.99 Å². The molecule has 0 aromatic carbocycles. The molecular formula is C14H22N4S. The molecule has 0 bridgehead atoms. The topological polar surface area (TPSA) is 49.3 Å². The molecule has 0 unspecified atom stereocenters. The van der Waals surface area contributed by atoms with Crippen molar-refractivity contribution in [3.63, 3.8) is 0 Å². The standard InChI is InChI=1S/C14H22N4S/c1-14(2,3)19-12-9-11(5-8-15-12)10-18-13-16-6-4-7-17-13/h5,8-9H,4,6-7,10H2,1-3H3,(H2,16,17,18). The number of nitrogens with zero attached hydrogens (tertiary/aromatic N) is 2. The lowest BCUT2D eigenvalue weighted by molar-refractivity contribution is 0.701. The predicted octanol–water partition coefficient (Wildman–Crippen LogP) is 2.41. The Bertz CT molecular complexity index is 451. The molecule has 0 aliphatic carbocycles. The molecule has 2 heterocycles. The molecule has 2 N–H and O–H groups in total. The van der Waals surface area contributed by atoms with Crippen molar-refractivity contribution in [2.45, 2.75) is 43.5 Å². The molecular weight excluding hydrogens is 256 g/mol. The SMILES string of the molecule is CC(C)(C)Sc1cc(CNC2=NCCCN2)ccn1. The van der Waals surface area contributed by atoms with Gasteiger partial charge in [0.25, 0.3) is 0 Å². The molecule has 19 heavy (non-hydrogen) atoms. The van der Waals surface area contributed by atoms with E-state index >= 15 is 0 Å². The van der Waals surface area contributed by atoms with Gasteiger partial charge in [0.15, 0.2) is 5.96 Å². The summed E-state index contributed by atoms with van der Waals surface area (Å²) in [4.78, 5) is 8.81. The van der Waals surface area contributed by atoms with Gasteiger partial charge in [0.05, 0.1) is 5.03 Å². The zero-order chi connectivity index (χ0) is 13.7. The van der Waals surface area contributed by atoms with E-state index in [0.717, 1.165) is 37.0 Å². The van der Waals surface area contributed by atoms with Crippen LogP contribution in [0.25, 0.3) is 0 Å². The second-order valence-corrected chi connectivity index (χ2v) is 7.43. The zero-order valence-corrected chi connectivity index (χ0v) is 12.7. The van der Waals surface area contributed by atoms with Crippen LogP contribution in [0.3, 0.4) is 0 Å². The van der Waals surface area contributed by atoms with Gasteiger partial charge in [-0.15, -0.1) is 11.8 Å². The van der Waals surface area contributed by atoms with Gasteiger partial charge in [-0.1, -0.05) is 20.8 Å². The fourth-order valence-corrected chi connectivity index (χ4v) is 2.72. The van der Waals surface area contributed by atoms with E-state index < -0.39 is 0 Å². The largest absolute Gasteiger partial charge is 0.356 e. The summed E-state index contributed by atoms with van der Waals surface area (Å²) in [6, 6.07) is 4.19. The maximum Gasteiger partial charge on any atom is 0.191 e. The Hall–Kier alpha value is -1.23. The number of guanidine groups is 1. The second kappa shape index (κ2) is 6.28. The van der Waals surface area contributed by atoms with Crippen molar-refractivity contribution < 1.29 is 0 Å². The maximum absolute atomic E-state index is 4.41. The van der Waals surface area contributed by atoms with E-state index in [2.05, 4.69) is 47.4 Å². The average molecular weight is 278 g/mol. The maximum atomic E-state index is 4.41. The van der Waals surface area contributed by atoms with E-state index in [-0.39, 0.29) is 4.75 Å². The fourth-order valence-electron chi connectivity index (χ4n) is 1.77. The number of pyridine rings is 1. The Morgan fingerprint density at radius 3 is 2.95 bits per heavy atom. The summed E-state index contributed by atoms with van der Waals surface area (Å²) < 4.78 is 0.189. The van der Waals surface area contributed by atoms with Crippen LogP contribution < -0.4 is 10.6 Å². The van der Waals surface area contributed by atoms with E-state index in [1.54, 1.807) is 11.8 Å². The van der Waals surface area contributed by atoms with Gasteiger partial charge in [-0.05, 0) is 24.1 Å². The molecule has 0 radical (unpaired) electrons. The van der Waals surface area contributed by atoms with Crippen LogP contribution in [0.15, 0.2) is 28.3 Å². The van der Waals surface area contributed by atoms with Crippen molar-refractivity contribution in [2.75, 3.05) is 13.1 Å². The van der Waals surface area contributed by atoms with Crippen LogP contribution in [0.1, 0.15) is 32.8 Å². The number of aliphatic imine (C=N–C) groups is 1. The highest BCUT2D eigenvalue weighted by molar-refractivity contribution is 8.00. The van der Waals surface area contributed by atoms with Crippen molar-refractivity contribution in [3.8, 4) is 0 Å². The minimum atomic E-state index is 0.189. The quantitative estimate of drug-likeness (QED) is 0.834. The van der Waals surface area contributed by atoms with Crippen molar-refractivity contribution in [2.24, 2.45) is 4.99 Å². The van der Waals surface area contributed by atoms with E-state index in [9.17, 15) is 0 Å². The second-order valence-electron chi connectivity index (χ2n) is 5.58. The number of thioether (sulfide) groups is 1. The molecule has 0 spiro atoms. The molecule has 0 saturated heterocycles. The molecule has 0 amide bonds. The van der Waals surface area contributed by atoms with Gasteiger partial charge >= 0.3 is 0 Å². The lowest BCUT2D eigenvalue weighted by Gasteiger charge is -2.18. The molecule has 1 aliphatic rings. The zero-order valence-electron chi connectivity index (χ0n) is 11.9. The van der Waals surface area contributed by atoms with Crippen LogP contribution >= 0.6 is 11.8 Å². The summed E-state index contributed by atoms with van der Waals surface area (Å²) in [7, 11) is 0. The Morgan fingerprint density at radius 1 is 1.42 bits per heavy atom. The van der Waals surface area contributed by atoms with Crippen LogP contribution in [0.2, 0.25) is 0 Å². The van der Waals surface area contributed by atoms with Gasteiger partial charge in [0.2, 0.25) is 0 Å². The fraction of sp³-hybridized carbons (Fsp3) is 0.571. The molecule has 104 valence electrons. The molecule has 5 heteroatoms. The molecule has 0 atom stereocenters. The third kappa shape index (κ3) is 5.11. The molecule has 0 fully saturated rings. The first-order valence-electron chi connectivity index (χ1n) is 6.69. The van der Waals surface area contributed by atoms with E-state index in [4.69, 9.17) is 0 Å². The number of hydrogen-bond donors (Lipinski definition) is 2. The Morgan fingerprint density at radius 2 is 2.26 bits per heavy atom. The molecule has 2 rings (SSSR count). The highest BCUT2D eigenvalue weighted by Gasteiger charge is 2.13. The Kier molecular flexibility index (Phi) is 4.69. The van der Waals surface area contributed by atoms with Crippen molar-refractivity contribution >= 4 is 17.7 Å². The summed E-state index contributed by atoms with van der Waals surface area (Å²) in [5.74, 6) is 0.910. The molecule has 1 aromatic heterocycles. The molecule has 4 nitrogen and oxygen atoms in total. The molecule has 0 saturated carbocycles. The van der Waals surface area contributed by atoms with Gasteiger partial charge in [0.1, 0.15) is 0 Å². The van der Waals surface area contributed by atoms with Gasteiger partial charge in [-0.2, -0.15) is 0 Å². The number of nitrogens with one attached hydrogen (secondary N) is 2. The summed E-state index contributed by atoms with van der Waals surface area (Å²) in [6.45, 7) is 9.30. The smallest absolute Gasteiger partial charge is 0.191 e. The lowest BCUT2D eigenvalue weighted by atomic mass is 10.2. The predicted molar refractivity (Wildman–Crippen MR) is 81.6 cm³/mol. The number of aromatic nitrogens is 1. The number of rotatable bonds is 3. The summed E-state index contributed by atoms with van der Waals surface area (Å²) >= 11 is 1.79. The normalized spacial score (nSPS) is 15.6. The van der Waals surface area contributed by atoms with Crippen LogP contribution in [-0.4, -0.2) is 28.8 Å². The first-order chi connectivity index (χ1) is 9.03. The third-order valence-corrected chi connectivity index (χ3v) is 3.61. The van der Waals surface area contributed by atoms with Gasteiger partial charge in [-0.25, -0.2) is 4.98 Å². The Labute approximate surface area is 119 Å². The minimum Gasteiger partial charge on any atom is -0.356 e. The van der Waals surface area contributed by atoms with E-state index in [1.165, 1.54) is 5.56 Å². The van der Waals surface area contributed by atoms with E-state index in [1.807, 2.05) is 12.3 Å². The summed E-state index contributed by atoms with van der Waals surface area (Å²) in [5.41, 5.74) is 1.23. The van der Waals surface area contributed by atoms with Crippen molar-refractivity contribution in [1.29, 1.82) is 0 Å². The summed E-state index contributed by atoms with van der Waals surface area (Å²) in [5, 5.41) is 7.66. The van der Waals surface area contributed by atoms with E-state index in [0.29, 0.717) is 0 Å². The van der Waals surface area contributed by atoms with Crippen LogP contribution in [0.4, 0.5) is 0 Å². The highest BCUT2D eigenvalue weighted by Crippen LogP contribution is 2.30. The first kappa shape index (κ1) is 14.2. The molecule has 1 aromatic rings. The monoisotopic (exact) mass is 278 g/mol. The number of hydrogen-bond acceptors (Lipinski definition) is 5. The first-order valence-corrected chi connectivity index (χ1v) is 7.51. The highest BCUT2D eigenvalue weighted by atomic mass is 32.2. The van der Waals surface area contributed by atoms with Crippen LogP contribution in [-0.2, 0) is 6.54 Å². The van der Waals surface area contributed by atoms with Crippen LogP contribution in [0, 0.1) is 0 Å². The van der Waals surface area contributed by atoms with Gasteiger partial charge < -0.3 is 10.6 Å². The van der Waals surface area contributed by atoms with Crippen molar-refractivity contribution in [1.82, 2.24) is 15.6 Å². The molecule has 1 aliphatic heterocycles. The Balaban J connectivity index is 1.93. The van der Waals surface area contributed by atoms with Crippen LogP contribution in [0.5, 0.6) is 0 Å². The van der Waals surface area contributed by atoms with Gasteiger partial charge in [0, 0.05) is 30.6 Å². The minimum absolute atomic E-state index is 0.189. The van der Waals surface area contributed by atoms with Crippen molar-refractivity contribution in [3.05, 3.63) is 23.9 Å². The lowest BCUT2D eigenvalue weighted by Crippen LogP contribution is -2.40. The summed E-state index contributed by atoms with van der Waals surface area (Å²) in [6.07, 6.45) is 2.99.